The highest BCUT2D eigenvalue weighted by atomic mass is 79.9. The van der Waals surface area contributed by atoms with E-state index >= 15 is 0 Å². The van der Waals surface area contributed by atoms with Gasteiger partial charge in [-0.2, -0.15) is 0 Å². The van der Waals surface area contributed by atoms with Gasteiger partial charge in [0.15, 0.2) is 6.20 Å². The van der Waals surface area contributed by atoms with Crippen molar-refractivity contribution in [2.24, 2.45) is 7.05 Å². The van der Waals surface area contributed by atoms with Crippen molar-refractivity contribution in [3.05, 3.63) is 42.2 Å². The summed E-state index contributed by atoms with van der Waals surface area (Å²) in [6.45, 7) is 2.14. The van der Waals surface area contributed by atoms with Crippen molar-refractivity contribution in [1.82, 2.24) is 4.98 Å². The molecule has 0 amide bonds. The Hall–Kier alpha value is -1.35. The lowest BCUT2D eigenvalue weighted by Gasteiger charge is -1.94. The molecule has 1 N–H and O–H groups in total. The fourth-order valence-electron chi connectivity index (χ4n) is 2.10. The maximum Gasteiger partial charge on any atom is 0.202 e. The van der Waals surface area contributed by atoms with Gasteiger partial charge in [-0.05, 0) is 6.07 Å². The first-order chi connectivity index (χ1) is 7.27. The summed E-state index contributed by atoms with van der Waals surface area (Å²) < 4.78 is 2.14. The van der Waals surface area contributed by atoms with Gasteiger partial charge in [-0.3, -0.25) is 0 Å². The van der Waals surface area contributed by atoms with Gasteiger partial charge in [0.1, 0.15) is 12.6 Å². The highest BCUT2D eigenvalue weighted by Crippen LogP contribution is 2.25. The van der Waals surface area contributed by atoms with Crippen molar-refractivity contribution in [1.29, 1.82) is 0 Å². The number of rotatable bonds is 0. The third-order valence-electron chi connectivity index (χ3n) is 3.10. The molecule has 0 saturated carbocycles. The molecule has 3 rings (SSSR count). The van der Waals surface area contributed by atoms with Gasteiger partial charge in [-0.15, -0.1) is 0 Å². The average molecular weight is 277 g/mol. The van der Waals surface area contributed by atoms with Gasteiger partial charge in [-0.1, -0.05) is 18.2 Å². The predicted octanol–water partition coefficient (Wildman–Crippen LogP) is -0.542. The standard InChI is InChI=1S/C13H12N2.BrH/c1-9-13-11(7-8-15(9)2)10-5-3-4-6-12(10)14-13;/h3-8H,1-2H3;1H. The van der Waals surface area contributed by atoms with Gasteiger partial charge < -0.3 is 22.0 Å². The van der Waals surface area contributed by atoms with Crippen LogP contribution in [0.4, 0.5) is 0 Å². The van der Waals surface area contributed by atoms with Crippen molar-refractivity contribution < 1.29 is 21.5 Å². The van der Waals surface area contributed by atoms with Crippen molar-refractivity contribution in [2.75, 3.05) is 0 Å². The zero-order chi connectivity index (χ0) is 10.4. The van der Waals surface area contributed by atoms with E-state index in [9.17, 15) is 0 Å². The summed E-state index contributed by atoms with van der Waals surface area (Å²) in [5.74, 6) is 0. The van der Waals surface area contributed by atoms with Crippen LogP contribution >= 0.6 is 0 Å². The molecule has 16 heavy (non-hydrogen) atoms. The zero-order valence-electron chi connectivity index (χ0n) is 9.29. The Bertz CT molecular complexity index is 655. The molecule has 2 heterocycles. The molecule has 0 fully saturated rings. The van der Waals surface area contributed by atoms with Crippen LogP contribution < -0.4 is 21.5 Å². The summed E-state index contributed by atoms with van der Waals surface area (Å²) in [6.07, 6.45) is 2.11. The summed E-state index contributed by atoms with van der Waals surface area (Å²) in [6, 6.07) is 10.6. The number of aryl methyl sites for hydroxylation is 2. The Morgan fingerprint density at radius 2 is 1.81 bits per heavy atom. The molecule has 0 atom stereocenters. The summed E-state index contributed by atoms with van der Waals surface area (Å²) in [7, 11) is 2.07. The van der Waals surface area contributed by atoms with Crippen LogP contribution in [0, 0.1) is 6.92 Å². The van der Waals surface area contributed by atoms with E-state index in [1.165, 1.54) is 27.5 Å². The predicted molar refractivity (Wildman–Crippen MR) is 61.7 cm³/mol. The highest BCUT2D eigenvalue weighted by molar-refractivity contribution is 6.07. The van der Waals surface area contributed by atoms with Crippen LogP contribution in [0.5, 0.6) is 0 Å². The number of pyridine rings is 1. The van der Waals surface area contributed by atoms with E-state index in [2.05, 4.69) is 60.1 Å². The smallest absolute Gasteiger partial charge is 0.202 e. The van der Waals surface area contributed by atoms with E-state index in [0.29, 0.717) is 0 Å². The van der Waals surface area contributed by atoms with Gasteiger partial charge in [0.25, 0.3) is 0 Å². The third-order valence-corrected chi connectivity index (χ3v) is 3.10. The number of hydrogen-bond donors (Lipinski definition) is 1. The molecule has 0 saturated heterocycles. The van der Waals surface area contributed by atoms with E-state index in [-0.39, 0.29) is 17.0 Å². The van der Waals surface area contributed by atoms with E-state index in [1.54, 1.807) is 0 Å². The number of benzene rings is 1. The number of aromatic amines is 1. The number of H-pyrrole nitrogens is 1. The molecule has 2 aromatic heterocycles. The van der Waals surface area contributed by atoms with Crippen molar-refractivity contribution in [2.45, 2.75) is 6.92 Å². The van der Waals surface area contributed by atoms with Gasteiger partial charge in [0.2, 0.25) is 5.69 Å². The van der Waals surface area contributed by atoms with Crippen LogP contribution in [0.1, 0.15) is 5.69 Å². The second kappa shape index (κ2) is 3.91. The first-order valence-electron chi connectivity index (χ1n) is 5.13. The number of para-hydroxylation sites is 1. The fraction of sp³-hybridized carbons (Fsp3) is 0.154. The van der Waals surface area contributed by atoms with Gasteiger partial charge in [0, 0.05) is 29.3 Å². The van der Waals surface area contributed by atoms with Crippen molar-refractivity contribution >= 4 is 21.8 Å². The molecule has 0 bridgehead atoms. The fourth-order valence-corrected chi connectivity index (χ4v) is 2.10. The molecule has 0 aliphatic heterocycles. The van der Waals surface area contributed by atoms with Gasteiger partial charge >= 0.3 is 0 Å². The molecule has 0 unspecified atom stereocenters. The quantitative estimate of drug-likeness (QED) is 0.532. The second-order valence-electron chi connectivity index (χ2n) is 3.97. The zero-order valence-corrected chi connectivity index (χ0v) is 10.9. The number of halogens is 1. The van der Waals surface area contributed by atoms with Gasteiger partial charge in [0.05, 0.1) is 0 Å². The van der Waals surface area contributed by atoms with E-state index < -0.39 is 0 Å². The highest BCUT2D eigenvalue weighted by Gasteiger charge is 2.11. The Morgan fingerprint density at radius 3 is 2.62 bits per heavy atom. The lowest BCUT2D eigenvalue weighted by atomic mass is 10.2. The molecule has 0 aliphatic carbocycles. The normalized spacial score (nSPS) is 10.6. The summed E-state index contributed by atoms with van der Waals surface area (Å²) in [4.78, 5) is 3.47. The van der Waals surface area contributed by atoms with Crippen LogP contribution in [-0.4, -0.2) is 4.98 Å². The Balaban J connectivity index is 0.000000963. The van der Waals surface area contributed by atoms with E-state index in [0.717, 1.165) is 0 Å². The molecule has 0 aliphatic rings. The van der Waals surface area contributed by atoms with Crippen LogP contribution in [0.15, 0.2) is 36.5 Å². The molecule has 1 aromatic carbocycles. The maximum atomic E-state index is 3.47. The molecule has 3 heteroatoms. The monoisotopic (exact) mass is 276 g/mol. The minimum Gasteiger partial charge on any atom is -1.00 e. The molecular weight excluding hydrogens is 264 g/mol. The van der Waals surface area contributed by atoms with Crippen molar-refractivity contribution in [3.8, 4) is 0 Å². The summed E-state index contributed by atoms with van der Waals surface area (Å²) in [5, 5.41) is 2.61. The third kappa shape index (κ3) is 1.43. The van der Waals surface area contributed by atoms with Gasteiger partial charge in [-0.25, -0.2) is 4.57 Å². The second-order valence-corrected chi connectivity index (χ2v) is 3.97. The molecule has 0 radical (unpaired) electrons. The molecule has 3 aromatic rings. The first kappa shape index (κ1) is 11.1. The van der Waals surface area contributed by atoms with Crippen LogP contribution in [0.2, 0.25) is 0 Å². The van der Waals surface area contributed by atoms with E-state index in [4.69, 9.17) is 0 Å². The first-order valence-corrected chi connectivity index (χ1v) is 5.13. The summed E-state index contributed by atoms with van der Waals surface area (Å²) >= 11 is 0. The molecule has 2 nitrogen and oxygen atoms in total. The largest absolute Gasteiger partial charge is 1.00 e. The van der Waals surface area contributed by atoms with Crippen LogP contribution in [0.25, 0.3) is 21.8 Å². The minimum absolute atomic E-state index is 0. The van der Waals surface area contributed by atoms with E-state index in [1.807, 2.05) is 0 Å². The number of nitrogens with one attached hydrogen (secondary N) is 1. The number of nitrogens with zero attached hydrogens (tertiary/aromatic N) is 1. The molecule has 82 valence electrons. The molecule has 0 spiro atoms. The Morgan fingerprint density at radius 1 is 1.06 bits per heavy atom. The summed E-state index contributed by atoms with van der Waals surface area (Å²) in [5.41, 5.74) is 3.71. The lowest BCUT2D eigenvalue weighted by Crippen LogP contribution is -3.00. The Labute approximate surface area is 105 Å². The number of aromatic nitrogens is 2. The van der Waals surface area contributed by atoms with Crippen LogP contribution in [0.3, 0.4) is 0 Å². The molecular formula is C13H13BrN2. The maximum absolute atomic E-state index is 3.47. The Kier molecular flexibility index (Phi) is 2.72. The average Bonchev–Trinajstić information content (AvgIpc) is 2.63. The SMILES string of the molecule is Cc1c2[nH]c3ccccc3c2cc[n+]1C.[Br-]. The number of hydrogen-bond acceptors (Lipinski definition) is 0. The van der Waals surface area contributed by atoms with Crippen molar-refractivity contribution in [3.63, 3.8) is 0 Å². The minimum atomic E-state index is 0. The lowest BCUT2D eigenvalue weighted by molar-refractivity contribution is -0.676. The van der Waals surface area contributed by atoms with Crippen LogP contribution in [-0.2, 0) is 7.05 Å². The topological polar surface area (TPSA) is 19.7 Å². The number of fused-ring (bicyclic) bond motifs is 3.